The van der Waals surface area contributed by atoms with Gasteiger partial charge in [-0.05, 0) is 30.3 Å². The lowest BCUT2D eigenvalue weighted by atomic mass is 9.97. The molecule has 0 bridgehead atoms. The number of aromatic amines is 1. The Labute approximate surface area is 111 Å². The van der Waals surface area contributed by atoms with Crippen molar-refractivity contribution in [2.75, 3.05) is 13.1 Å². The molecule has 0 amide bonds. The third-order valence-electron chi connectivity index (χ3n) is 3.76. The minimum Gasteiger partial charge on any atom is -0.474 e. The van der Waals surface area contributed by atoms with E-state index in [1.165, 1.54) is 0 Å². The van der Waals surface area contributed by atoms with Gasteiger partial charge in [0.1, 0.15) is 6.10 Å². The topological polar surface area (TPSA) is 54.1 Å². The van der Waals surface area contributed by atoms with Crippen molar-refractivity contribution in [2.24, 2.45) is 5.92 Å². The van der Waals surface area contributed by atoms with E-state index < -0.39 is 0 Å². The summed E-state index contributed by atoms with van der Waals surface area (Å²) in [4.78, 5) is 14.8. The van der Waals surface area contributed by atoms with Crippen molar-refractivity contribution in [3.8, 4) is 5.88 Å². The summed E-state index contributed by atoms with van der Waals surface area (Å²) < 4.78 is 5.94. The van der Waals surface area contributed by atoms with Gasteiger partial charge in [-0.2, -0.15) is 0 Å². The first-order valence-corrected chi connectivity index (χ1v) is 6.73. The first-order valence-electron chi connectivity index (χ1n) is 6.73. The lowest BCUT2D eigenvalue weighted by molar-refractivity contribution is 0.110. The molecule has 1 aromatic carbocycles. The number of rotatable bonds is 2. The second kappa shape index (κ2) is 5.05. The maximum atomic E-state index is 12.0. The zero-order valence-electron chi connectivity index (χ0n) is 11.0. The molecule has 0 radical (unpaired) electrons. The Morgan fingerprint density at radius 3 is 3.00 bits per heavy atom. The van der Waals surface area contributed by atoms with E-state index in [-0.39, 0.29) is 11.7 Å². The van der Waals surface area contributed by atoms with Gasteiger partial charge >= 0.3 is 0 Å². The highest BCUT2D eigenvalue weighted by Crippen LogP contribution is 2.20. The molecule has 2 unspecified atom stereocenters. The van der Waals surface area contributed by atoms with Gasteiger partial charge in [-0.3, -0.25) is 9.78 Å². The Hall–Kier alpha value is -1.81. The number of benzene rings is 1. The van der Waals surface area contributed by atoms with Gasteiger partial charge < -0.3 is 10.1 Å². The van der Waals surface area contributed by atoms with Crippen LogP contribution >= 0.6 is 0 Å². The van der Waals surface area contributed by atoms with Gasteiger partial charge in [-0.1, -0.05) is 25.1 Å². The number of H-pyrrole nitrogens is 1. The minimum atomic E-state index is -0.0930. The highest BCUT2D eigenvalue weighted by Gasteiger charge is 2.23. The fourth-order valence-electron chi connectivity index (χ4n) is 2.53. The molecule has 3 rings (SSSR count). The average Bonchev–Trinajstić information content (AvgIpc) is 2.42. The SMILES string of the molecule is CC1CCNCC1Oc1cc2ccccc2c(=O)[nH]1. The van der Waals surface area contributed by atoms with Crippen molar-refractivity contribution in [3.63, 3.8) is 0 Å². The quantitative estimate of drug-likeness (QED) is 0.865. The van der Waals surface area contributed by atoms with Crippen LogP contribution in [-0.2, 0) is 0 Å². The summed E-state index contributed by atoms with van der Waals surface area (Å²) in [6, 6.07) is 9.45. The molecule has 1 fully saturated rings. The van der Waals surface area contributed by atoms with E-state index in [4.69, 9.17) is 4.74 Å². The van der Waals surface area contributed by atoms with Crippen LogP contribution in [0.1, 0.15) is 13.3 Å². The Bertz CT molecular complexity index is 635. The fourth-order valence-corrected chi connectivity index (χ4v) is 2.53. The molecule has 0 spiro atoms. The molecule has 2 atom stereocenters. The van der Waals surface area contributed by atoms with E-state index in [0.29, 0.717) is 17.2 Å². The predicted octanol–water partition coefficient (Wildman–Crippen LogP) is 1.90. The second-order valence-corrected chi connectivity index (χ2v) is 5.18. The van der Waals surface area contributed by atoms with E-state index in [0.717, 1.165) is 24.9 Å². The monoisotopic (exact) mass is 258 g/mol. The van der Waals surface area contributed by atoms with Crippen molar-refractivity contribution in [1.82, 2.24) is 10.3 Å². The Morgan fingerprint density at radius 2 is 2.16 bits per heavy atom. The van der Waals surface area contributed by atoms with Crippen LogP contribution in [0.2, 0.25) is 0 Å². The van der Waals surface area contributed by atoms with Gasteiger partial charge in [-0.15, -0.1) is 0 Å². The van der Waals surface area contributed by atoms with Crippen molar-refractivity contribution in [3.05, 3.63) is 40.7 Å². The minimum absolute atomic E-state index is 0.0930. The normalized spacial score (nSPS) is 23.4. The number of hydrogen-bond donors (Lipinski definition) is 2. The molecule has 2 heterocycles. The Kier molecular flexibility index (Phi) is 3.25. The zero-order valence-corrected chi connectivity index (χ0v) is 11.0. The number of nitrogens with one attached hydrogen (secondary N) is 2. The van der Waals surface area contributed by atoms with Crippen LogP contribution < -0.4 is 15.6 Å². The van der Waals surface area contributed by atoms with Crippen LogP contribution in [-0.4, -0.2) is 24.2 Å². The second-order valence-electron chi connectivity index (χ2n) is 5.18. The summed E-state index contributed by atoms with van der Waals surface area (Å²) in [5, 5.41) is 4.93. The van der Waals surface area contributed by atoms with E-state index in [1.54, 1.807) is 0 Å². The highest BCUT2D eigenvalue weighted by molar-refractivity contribution is 5.82. The van der Waals surface area contributed by atoms with Crippen LogP contribution in [0.5, 0.6) is 5.88 Å². The molecule has 1 aliphatic rings. The van der Waals surface area contributed by atoms with Gasteiger partial charge in [0.25, 0.3) is 5.56 Å². The van der Waals surface area contributed by atoms with E-state index in [1.807, 2.05) is 30.3 Å². The van der Waals surface area contributed by atoms with E-state index >= 15 is 0 Å². The van der Waals surface area contributed by atoms with Gasteiger partial charge in [0, 0.05) is 18.0 Å². The number of aromatic nitrogens is 1. The van der Waals surface area contributed by atoms with Crippen LogP contribution in [0.4, 0.5) is 0 Å². The summed E-state index contributed by atoms with van der Waals surface area (Å²) in [7, 11) is 0. The lowest BCUT2D eigenvalue weighted by Crippen LogP contribution is -2.43. The molecule has 19 heavy (non-hydrogen) atoms. The van der Waals surface area contributed by atoms with Crippen LogP contribution in [0, 0.1) is 5.92 Å². The van der Waals surface area contributed by atoms with Crippen molar-refractivity contribution >= 4 is 10.8 Å². The zero-order chi connectivity index (χ0) is 13.2. The van der Waals surface area contributed by atoms with E-state index in [2.05, 4.69) is 17.2 Å². The highest BCUT2D eigenvalue weighted by atomic mass is 16.5. The van der Waals surface area contributed by atoms with Crippen molar-refractivity contribution < 1.29 is 4.74 Å². The molecule has 1 saturated heterocycles. The molecule has 1 aliphatic heterocycles. The summed E-state index contributed by atoms with van der Waals surface area (Å²) in [6.07, 6.45) is 1.22. The van der Waals surface area contributed by atoms with Gasteiger partial charge in [0.2, 0.25) is 0 Å². The van der Waals surface area contributed by atoms with Crippen LogP contribution in [0.25, 0.3) is 10.8 Å². The largest absolute Gasteiger partial charge is 0.474 e. The van der Waals surface area contributed by atoms with Crippen LogP contribution in [0.15, 0.2) is 35.1 Å². The molecule has 4 nitrogen and oxygen atoms in total. The van der Waals surface area contributed by atoms with Gasteiger partial charge in [0.15, 0.2) is 5.88 Å². The standard InChI is InChI=1S/C15H18N2O2/c1-10-6-7-16-9-13(10)19-14-8-11-4-2-3-5-12(11)15(18)17-14/h2-5,8,10,13,16H,6-7,9H2,1H3,(H,17,18). The number of ether oxygens (including phenoxy) is 1. The summed E-state index contributed by atoms with van der Waals surface area (Å²) in [5.41, 5.74) is -0.0930. The number of pyridine rings is 1. The lowest BCUT2D eigenvalue weighted by Gasteiger charge is -2.29. The fraction of sp³-hybridized carbons (Fsp3) is 0.400. The molecule has 1 aromatic heterocycles. The molecular weight excluding hydrogens is 240 g/mol. The molecule has 2 aromatic rings. The molecule has 0 aliphatic carbocycles. The maximum Gasteiger partial charge on any atom is 0.258 e. The first kappa shape index (κ1) is 12.2. The Morgan fingerprint density at radius 1 is 1.32 bits per heavy atom. The number of fused-ring (bicyclic) bond motifs is 1. The summed E-state index contributed by atoms with van der Waals surface area (Å²) in [6.45, 7) is 4.05. The van der Waals surface area contributed by atoms with Gasteiger partial charge in [-0.25, -0.2) is 0 Å². The number of piperidine rings is 1. The smallest absolute Gasteiger partial charge is 0.258 e. The third-order valence-corrected chi connectivity index (χ3v) is 3.76. The molecule has 0 saturated carbocycles. The third kappa shape index (κ3) is 2.49. The van der Waals surface area contributed by atoms with Crippen LogP contribution in [0.3, 0.4) is 0 Å². The summed E-state index contributed by atoms with van der Waals surface area (Å²) in [5.74, 6) is 1.06. The maximum absolute atomic E-state index is 12.0. The van der Waals surface area contributed by atoms with Crippen molar-refractivity contribution in [1.29, 1.82) is 0 Å². The average molecular weight is 258 g/mol. The first-order chi connectivity index (χ1) is 9.24. The Balaban J connectivity index is 1.91. The van der Waals surface area contributed by atoms with Crippen molar-refractivity contribution in [2.45, 2.75) is 19.4 Å². The van der Waals surface area contributed by atoms with E-state index in [9.17, 15) is 4.79 Å². The predicted molar refractivity (Wildman–Crippen MR) is 75.6 cm³/mol. The summed E-state index contributed by atoms with van der Waals surface area (Å²) >= 11 is 0. The molecule has 2 N–H and O–H groups in total. The molecule has 100 valence electrons. The van der Waals surface area contributed by atoms with Gasteiger partial charge in [0.05, 0.1) is 0 Å². The molecular formula is C15H18N2O2. The number of hydrogen-bond acceptors (Lipinski definition) is 3. The molecule has 4 heteroatoms.